The molecule has 5 nitrogen and oxygen atoms in total. The highest BCUT2D eigenvalue weighted by Crippen LogP contribution is 2.37. The Bertz CT molecular complexity index is 894. The topological polar surface area (TPSA) is 56.8 Å². The van der Waals surface area contributed by atoms with E-state index in [1.807, 2.05) is 32.0 Å². The van der Waals surface area contributed by atoms with Crippen molar-refractivity contribution in [3.05, 3.63) is 58.6 Å². The summed E-state index contributed by atoms with van der Waals surface area (Å²) in [4.78, 5) is 12.2. The van der Waals surface area contributed by atoms with E-state index >= 15 is 0 Å². The van der Waals surface area contributed by atoms with Crippen molar-refractivity contribution < 1.29 is 19.0 Å². The molecule has 1 aliphatic heterocycles. The number of para-hydroxylation sites is 1. The standard InChI is InChI=1S/C23H26ClNO4/c1-15(2)29-23-19(24)11-16(12-21(23)27-3)8-9-22(26)25-13-17-10-18-6-4-5-7-20(18)28-14-17/h4-9,11-12,15,17H,10,13-14H2,1-3H3,(H,25,26)/b9-8+. The Morgan fingerprint density at radius 3 is 2.90 bits per heavy atom. The molecule has 0 spiro atoms. The Labute approximate surface area is 176 Å². The number of ether oxygens (including phenoxy) is 3. The number of hydrogen-bond donors (Lipinski definition) is 1. The monoisotopic (exact) mass is 415 g/mol. The predicted molar refractivity (Wildman–Crippen MR) is 115 cm³/mol. The highest BCUT2D eigenvalue weighted by Gasteiger charge is 2.19. The molecule has 0 saturated heterocycles. The number of carbonyl (C=O) groups excluding carboxylic acids is 1. The van der Waals surface area contributed by atoms with E-state index in [9.17, 15) is 4.79 Å². The second kappa shape index (κ2) is 9.70. The van der Waals surface area contributed by atoms with Gasteiger partial charge in [-0.05, 0) is 55.7 Å². The van der Waals surface area contributed by atoms with Crippen LogP contribution in [-0.2, 0) is 11.2 Å². The largest absolute Gasteiger partial charge is 0.493 e. The van der Waals surface area contributed by atoms with Crippen LogP contribution < -0.4 is 19.5 Å². The van der Waals surface area contributed by atoms with E-state index in [2.05, 4.69) is 11.4 Å². The average molecular weight is 416 g/mol. The molecular weight excluding hydrogens is 390 g/mol. The Morgan fingerprint density at radius 2 is 2.14 bits per heavy atom. The number of nitrogens with one attached hydrogen (secondary N) is 1. The van der Waals surface area contributed by atoms with E-state index in [-0.39, 0.29) is 17.9 Å². The van der Waals surface area contributed by atoms with Gasteiger partial charge in [-0.25, -0.2) is 0 Å². The molecule has 0 fully saturated rings. The van der Waals surface area contributed by atoms with Crippen LogP contribution >= 0.6 is 11.6 Å². The number of carbonyl (C=O) groups is 1. The molecule has 6 heteroatoms. The fourth-order valence-electron chi connectivity index (χ4n) is 3.18. The summed E-state index contributed by atoms with van der Waals surface area (Å²) in [6.45, 7) is 5.00. The van der Waals surface area contributed by atoms with Crippen molar-refractivity contribution in [2.75, 3.05) is 20.3 Å². The van der Waals surface area contributed by atoms with Crippen LogP contribution in [0.5, 0.6) is 17.2 Å². The van der Waals surface area contributed by atoms with Crippen molar-refractivity contribution in [3.63, 3.8) is 0 Å². The zero-order valence-corrected chi connectivity index (χ0v) is 17.7. The second-order valence-corrected chi connectivity index (χ2v) is 7.68. The average Bonchev–Trinajstić information content (AvgIpc) is 2.71. The minimum Gasteiger partial charge on any atom is -0.493 e. The normalized spacial score (nSPS) is 15.7. The van der Waals surface area contributed by atoms with Crippen LogP contribution in [-0.4, -0.2) is 32.3 Å². The van der Waals surface area contributed by atoms with Gasteiger partial charge in [0, 0.05) is 18.5 Å². The molecule has 1 N–H and O–H groups in total. The van der Waals surface area contributed by atoms with Gasteiger partial charge in [-0.15, -0.1) is 0 Å². The molecule has 0 radical (unpaired) electrons. The van der Waals surface area contributed by atoms with Crippen LogP contribution in [0.25, 0.3) is 6.08 Å². The maximum atomic E-state index is 12.2. The van der Waals surface area contributed by atoms with Crippen LogP contribution in [0.2, 0.25) is 5.02 Å². The molecule has 1 amide bonds. The fourth-order valence-corrected chi connectivity index (χ4v) is 3.45. The third-order valence-corrected chi connectivity index (χ3v) is 4.83. The number of benzene rings is 2. The lowest BCUT2D eigenvalue weighted by molar-refractivity contribution is -0.116. The van der Waals surface area contributed by atoms with Gasteiger partial charge in [-0.1, -0.05) is 29.8 Å². The van der Waals surface area contributed by atoms with Gasteiger partial charge in [0.2, 0.25) is 5.91 Å². The first-order chi connectivity index (χ1) is 14.0. The minimum atomic E-state index is -0.165. The minimum absolute atomic E-state index is 0.0238. The lowest BCUT2D eigenvalue weighted by Gasteiger charge is -2.25. The molecule has 2 aromatic carbocycles. The summed E-state index contributed by atoms with van der Waals surface area (Å²) in [5.41, 5.74) is 1.94. The summed E-state index contributed by atoms with van der Waals surface area (Å²) >= 11 is 6.32. The van der Waals surface area contributed by atoms with Crippen molar-refractivity contribution in [3.8, 4) is 17.2 Å². The molecule has 1 unspecified atom stereocenters. The first-order valence-corrected chi connectivity index (χ1v) is 10.0. The number of fused-ring (bicyclic) bond motifs is 1. The maximum absolute atomic E-state index is 12.2. The third-order valence-electron chi connectivity index (χ3n) is 4.55. The van der Waals surface area contributed by atoms with Crippen molar-refractivity contribution in [1.82, 2.24) is 5.32 Å². The zero-order valence-electron chi connectivity index (χ0n) is 16.9. The van der Waals surface area contributed by atoms with Crippen molar-refractivity contribution in [1.29, 1.82) is 0 Å². The van der Waals surface area contributed by atoms with Gasteiger partial charge >= 0.3 is 0 Å². The molecule has 3 rings (SSSR count). The first-order valence-electron chi connectivity index (χ1n) is 9.67. The van der Waals surface area contributed by atoms with Gasteiger partial charge in [0.25, 0.3) is 0 Å². The van der Waals surface area contributed by atoms with E-state index in [1.165, 1.54) is 11.6 Å². The van der Waals surface area contributed by atoms with Crippen LogP contribution in [0.15, 0.2) is 42.5 Å². The van der Waals surface area contributed by atoms with Crippen LogP contribution in [0.4, 0.5) is 0 Å². The molecule has 1 aliphatic rings. The molecule has 0 aliphatic carbocycles. The van der Waals surface area contributed by atoms with Gasteiger partial charge < -0.3 is 19.5 Å². The number of rotatable bonds is 7. The lowest BCUT2D eigenvalue weighted by atomic mass is 9.97. The van der Waals surface area contributed by atoms with Gasteiger partial charge in [-0.3, -0.25) is 4.79 Å². The molecule has 29 heavy (non-hydrogen) atoms. The molecule has 0 saturated carbocycles. The Hall–Kier alpha value is -2.66. The van der Waals surface area contributed by atoms with Gasteiger partial charge in [0.15, 0.2) is 11.5 Å². The number of halogens is 1. The quantitative estimate of drug-likeness (QED) is 0.675. The predicted octanol–water partition coefficient (Wildman–Crippen LogP) is 4.52. The van der Waals surface area contributed by atoms with E-state index in [0.717, 1.165) is 17.7 Å². The van der Waals surface area contributed by atoms with E-state index in [4.69, 9.17) is 25.8 Å². The van der Waals surface area contributed by atoms with E-state index in [1.54, 1.807) is 25.3 Å². The highest BCUT2D eigenvalue weighted by molar-refractivity contribution is 6.32. The van der Waals surface area contributed by atoms with Crippen LogP contribution in [0, 0.1) is 5.92 Å². The van der Waals surface area contributed by atoms with Crippen LogP contribution in [0.1, 0.15) is 25.0 Å². The summed E-state index contributed by atoms with van der Waals surface area (Å²) in [5.74, 6) is 2.06. The zero-order chi connectivity index (χ0) is 20.8. The highest BCUT2D eigenvalue weighted by atomic mass is 35.5. The van der Waals surface area contributed by atoms with Gasteiger partial charge in [0.05, 0.1) is 24.8 Å². The summed E-state index contributed by atoms with van der Waals surface area (Å²) < 4.78 is 16.8. The smallest absolute Gasteiger partial charge is 0.244 e. The first kappa shape index (κ1) is 21.1. The Balaban J connectivity index is 1.57. The second-order valence-electron chi connectivity index (χ2n) is 7.27. The summed E-state index contributed by atoms with van der Waals surface area (Å²) in [5, 5.41) is 3.38. The lowest BCUT2D eigenvalue weighted by Crippen LogP contribution is -2.33. The van der Waals surface area contributed by atoms with Crippen molar-refractivity contribution in [2.45, 2.75) is 26.4 Å². The van der Waals surface area contributed by atoms with Crippen LogP contribution in [0.3, 0.4) is 0 Å². The molecule has 0 bridgehead atoms. The van der Waals surface area contributed by atoms with Gasteiger partial charge in [-0.2, -0.15) is 0 Å². The Morgan fingerprint density at radius 1 is 1.34 bits per heavy atom. The van der Waals surface area contributed by atoms with E-state index < -0.39 is 0 Å². The van der Waals surface area contributed by atoms with E-state index in [0.29, 0.717) is 29.7 Å². The summed E-state index contributed by atoms with van der Waals surface area (Å²) in [7, 11) is 1.56. The number of hydrogen-bond acceptors (Lipinski definition) is 4. The molecule has 2 aromatic rings. The molecule has 0 aromatic heterocycles. The van der Waals surface area contributed by atoms with Crippen molar-refractivity contribution >= 4 is 23.6 Å². The van der Waals surface area contributed by atoms with Crippen molar-refractivity contribution in [2.24, 2.45) is 5.92 Å². The Kier molecular flexibility index (Phi) is 7.04. The molecule has 1 atom stereocenters. The fraction of sp³-hybridized carbons (Fsp3) is 0.348. The molecule has 1 heterocycles. The van der Waals surface area contributed by atoms with Gasteiger partial charge in [0.1, 0.15) is 5.75 Å². The third kappa shape index (κ3) is 5.67. The summed E-state index contributed by atoms with van der Waals surface area (Å²) in [6.07, 6.45) is 4.07. The molecular formula is C23H26ClNO4. The maximum Gasteiger partial charge on any atom is 0.244 e. The SMILES string of the molecule is COc1cc(/C=C/C(=O)NCC2COc3ccccc3C2)cc(Cl)c1OC(C)C. The summed E-state index contributed by atoms with van der Waals surface area (Å²) in [6, 6.07) is 11.5. The number of amides is 1. The molecule has 154 valence electrons. The number of methoxy groups -OCH3 is 1.